The minimum atomic E-state index is -0.303. The summed E-state index contributed by atoms with van der Waals surface area (Å²) in [5, 5.41) is 38.0. The van der Waals surface area contributed by atoms with Gasteiger partial charge in [0.2, 0.25) is 0 Å². The van der Waals surface area contributed by atoms with E-state index in [4.69, 9.17) is 57.0 Å². The van der Waals surface area contributed by atoms with E-state index in [0.29, 0.717) is 43.0 Å². The number of nitrogens with zero attached hydrogens (tertiary/aromatic N) is 10. The van der Waals surface area contributed by atoms with Crippen molar-refractivity contribution in [1.29, 1.82) is 0 Å². The number of nitrogens with one attached hydrogen (secondary N) is 5. The number of hydrogen-bond acceptors (Lipinski definition) is 21. The summed E-state index contributed by atoms with van der Waals surface area (Å²) in [5.74, 6) is 6.20. The van der Waals surface area contributed by atoms with Crippen LogP contribution in [-0.2, 0) is 9.68 Å². The predicted octanol–water partition coefficient (Wildman–Crippen LogP) is 9.88. The molecule has 566 valence electrons. The number of pyridine rings is 4. The van der Waals surface area contributed by atoms with Crippen molar-refractivity contribution >= 4 is 112 Å². The molecule has 12 rings (SSSR count). The standard InChI is InChI=1S/C21H16N4OS.C13H12N4OS.C13H10N4S.C8H7ClO.C7H5NS.C6H7N3O.C2H6O.4C2H6.CH2O3.2K.H/c26-19(16-7-3-1-4-8-16)15-27-21-24-23-20(17-11-13-22-14-12-17)25(21)18-9-5-2-6-10-18;18-12(10-6-8-14-9-7-10)16-17-13(19)15-11-4-2-1-3-5-11;18-13-16-15-12(10-6-8-14-9-7-10)17(13)11-4-2-1-3-5-11;9-6-8(10)7-4-2-1-3-5-7;9-6-8-7-4-2-1-3-5-7;7-9-6(10)5-1-3-8-4-2-5;1-2-3;4*1-2;2-1-4-3;;;/h1-14H,15H2;1-9H,(H,16,18)(H2,15,17,19);1-9H,(H,16,18);1-5H,6H2;1-5H;1-4H,7H2,(H,9,10);3H,2H2,1H3;4*1-2H3;1,3H;;;/q;;;;;;;;;;;;2*+1;-1/p-1. The van der Waals surface area contributed by atoms with Crippen LogP contribution in [0.4, 0.5) is 11.4 Å². The number of isothiocyanates is 1. The number of Topliss-reactive ketones (excluding diaryl/α,β-unsaturated/α-hetero) is 2. The Morgan fingerprint density at radius 2 is 0.945 bits per heavy atom. The van der Waals surface area contributed by atoms with Crippen molar-refractivity contribution in [3.63, 3.8) is 0 Å². The Bertz CT molecular complexity index is 4410. The Hall–Kier alpha value is -8.55. The number of rotatable bonds is 15. The average molecular weight is 1630 g/mol. The van der Waals surface area contributed by atoms with Gasteiger partial charge in [0.15, 0.2) is 38.3 Å². The van der Waals surface area contributed by atoms with E-state index in [0.717, 1.165) is 45.5 Å². The molecule has 0 aliphatic rings. The van der Waals surface area contributed by atoms with Crippen LogP contribution in [0.3, 0.4) is 0 Å². The number of hydrazine groups is 2. The normalized spacial score (nSPS) is 8.85. The van der Waals surface area contributed by atoms with Crippen LogP contribution in [0.25, 0.3) is 34.2 Å². The molecule has 6 aromatic heterocycles. The van der Waals surface area contributed by atoms with Gasteiger partial charge in [0, 0.05) is 107 Å². The summed E-state index contributed by atoms with van der Waals surface area (Å²) in [6, 6.07) is 71.0. The summed E-state index contributed by atoms with van der Waals surface area (Å²) >= 11 is 21.5. The molecule has 0 aliphatic heterocycles. The van der Waals surface area contributed by atoms with Crippen LogP contribution in [0, 0.1) is 4.77 Å². The van der Waals surface area contributed by atoms with Crippen LogP contribution in [-0.4, -0.2) is 113 Å². The Kier molecular flexibility index (Phi) is 64.4. The summed E-state index contributed by atoms with van der Waals surface area (Å²) in [5.41, 5.74) is 15.1. The third-order valence-corrected chi connectivity index (χ3v) is 13.9. The van der Waals surface area contributed by atoms with Crippen LogP contribution in [0.5, 0.6) is 0 Å². The largest absolute Gasteiger partial charge is 1.00 e. The minimum Gasteiger partial charge on any atom is -1.00 e. The second kappa shape index (κ2) is 68.5. The summed E-state index contributed by atoms with van der Waals surface area (Å²) in [4.78, 5) is 76.5. The molecule has 24 nitrogen and oxygen atoms in total. The van der Waals surface area contributed by atoms with E-state index < -0.39 is 0 Å². The number of alkyl halides is 1. The molecule has 6 aromatic carbocycles. The first kappa shape index (κ1) is 104. The molecule has 0 spiro atoms. The Labute approximate surface area is 754 Å². The van der Waals surface area contributed by atoms with E-state index in [9.17, 15) is 19.2 Å². The molecule has 8 N–H and O–H groups in total. The molecular formula is C79H89ClK2N16O8S4. The number of H-pyrrole nitrogens is 1. The molecule has 0 saturated heterocycles. The number of thiocarbonyl (C=S) groups is 2. The smallest absolute Gasteiger partial charge is 1.00 e. The summed E-state index contributed by atoms with van der Waals surface area (Å²) in [6.45, 7) is 17.8. The van der Waals surface area contributed by atoms with E-state index >= 15 is 0 Å². The van der Waals surface area contributed by atoms with Gasteiger partial charge in [-0.25, -0.2) is 5.84 Å². The molecule has 12 aromatic rings. The van der Waals surface area contributed by atoms with Crippen molar-refractivity contribution in [3.8, 4) is 34.2 Å². The number of nitrogens with two attached hydrogens (primary N) is 1. The van der Waals surface area contributed by atoms with Gasteiger partial charge in [-0.1, -0.05) is 201 Å². The molecule has 0 radical (unpaired) electrons. The molecular weight excluding hydrogens is 1540 g/mol. The fraction of sp³-hybridized carbons (Fsp3) is 0.152. The van der Waals surface area contributed by atoms with E-state index in [2.05, 4.69) is 83.8 Å². The fourth-order valence-electron chi connectivity index (χ4n) is 7.72. The van der Waals surface area contributed by atoms with E-state index in [1.807, 2.05) is 264 Å². The first-order valence-electron chi connectivity index (χ1n) is 33.5. The third kappa shape index (κ3) is 42.0. The number of aliphatic hydroxyl groups excluding tert-OH is 1. The van der Waals surface area contributed by atoms with Gasteiger partial charge in [0.05, 0.1) is 22.5 Å². The Balaban J connectivity index is -0.00000125. The zero-order chi connectivity index (χ0) is 79.8. The number of anilines is 1. The van der Waals surface area contributed by atoms with Crippen molar-refractivity contribution in [2.45, 2.75) is 67.5 Å². The second-order valence-electron chi connectivity index (χ2n) is 18.9. The number of ketones is 2. The Morgan fingerprint density at radius 1 is 0.573 bits per heavy atom. The maximum Gasteiger partial charge on any atom is 1.00 e. The van der Waals surface area contributed by atoms with Crippen molar-refractivity contribution in [2.24, 2.45) is 10.8 Å². The molecule has 0 aliphatic carbocycles. The fourth-order valence-corrected chi connectivity index (χ4v) is 9.24. The topological polar surface area (TPSA) is 340 Å². The molecule has 0 atom stereocenters. The van der Waals surface area contributed by atoms with E-state index in [1.54, 1.807) is 80.5 Å². The number of thioether (sulfide) groups is 1. The van der Waals surface area contributed by atoms with Gasteiger partial charge in [-0.05, 0) is 141 Å². The number of amides is 2. The number of halogens is 1. The second-order valence-corrected chi connectivity index (χ2v) is 21.1. The molecule has 2 amide bonds. The molecule has 0 unspecified atom stereocenters. The predicted molar refractivity (Wildman–Crippen MR) is 440 cm³/mol. The maximum atomic E-state index is 12.5. The van der Waals surface area contributed by atoms with Crippen LogP contribution < -0.4 is 135 Å². The minimum absolute atomic E-state index is 0. The summed E-state index contributed by atoms with van der Waals surface area (Å²) in [7, 11) is 0. The number of aromatic nitrogens is 10. The van der Waals surface area contributed by atoms with Crippen molar-refractivity contribution in [3.05, 3.63) is 307 Å². The van der Waals surface area contributed by atoms with Crippen LogP contribution >= 0.6 is 60.0 Å². The number of aliphatic hydroxyl groups is 1. The zero-order valence-electron chi connectivity index (χ0n) is 64.1. The number of hydrogen-bond donors (Lipinski definition) is 7. The van der Waals surface area contributed by atoms with Crippen molar-refractivity contribution in [2.75, 3.05) is 23.6 Å². The first-order chi connectivity index (χ1) is 52.9. The van der Waals surface area contributed by atoms with Gasteiger partial charge >= 0.3 is 103 Å². The van der Waals surface area contributed by atoms with Gasteiger partial charge in [0.1, 0.15) is 0 Å². The number of para-hydroxylation sites is 4. The molecule has 0 bridgehead atoms. The number of carbonyl (C=O) groups is 5. The molecule has 31 heteroatoms. The van der Waals surface area contributed by atoms with E-state index in [-0.39, 0.29) is 147 Å². The number of nitrogen functional groups attached to an aromatic ring is 1. The number of aromatic amines is 1. The van der Waals surface area contributed by atoms with Gasteiger partial charge in [-0.2, -0.15) is 10.1 Å². The maximum absolute atomic E-state index is 12.5. The summed E-state index contributed by atoms with van der Waals surface area (Å²) < 4.78 is 4.45. The van der Waals surface area contributed by atoms with Gasteiger partial charge in [0.25, 0.3) is 18.3 Å². The van der Waals surface area contributed by atoms with Crippen LogP contribution in [0.1, 0.15) is 105 Å². The van der Waals surface area contributed by atoms with Gasteiger partial charge < -0.3 is 22.0 Å². The van der Waals surface area contributed by atoms with Crippen LogP contribution in [0.2, 0.25) is 0 Å². The number of benzene rings is 6. The quantitative estimate of drug-likeness (QED) is 0.00429. The number of aliphatic imine (C=N–C) groups is 1. The van der Waals surface area contributed by atoms with Gasteiger partial charge in [-0.15, -0.1) is 21.8 Å². The van der Waals surface area contributed by atoms with Crippen LogP contribution in [0.15, 0.2) is 290 Å². The summed E-state index contributed by atoms with van der Waals surface area (Å²) in [6.07, 6.45) is 13.1. The SMILES string of the molecule is CC.CC.CC.CC.CCO.NNC(=O)c1ccncc1.O=C(CCl)c1ccccc1.O=C(CSc1nnc(-c2ccncc2)n1-c1ccccc1)c1ccccc1.O=C(NNC(=S)Nc1ccccc1)c1ccncc1.O=CO[O-].S=C=Nc1ccccc1.S=c1[nH]nc(-c2ccncc2)n1-c1ccccc1.[H-].[K+].[K+]. The average Bonchev–Trinajstić information content (AvgIpc) is 1.68. The van der Waals surface area contributed by atoms with Crippen molar-refractivity contribution < 1.29 is 143 Å². The number of carbonyl (C=O) groups excluding carboxylic acids is 5. The van der Waals surface area contributed by atoms with Gasteiger partial charge in [-0.3, -0.25) is 74.4 Å². The molecule has 110 heavy (non-hydrogen) atoms. The zero-order valence-corrected chi connectivity index (χ0v) is 73.4. The molecule has 6 heterocycles. The monoisotopic (exact) mass is 1630 g/mol. The first-order valence-corrected chi connectivity index (χ1v) is 36.2. The van der Waals surface area contributed by atoms with E-state index in [1.165, 1.54) is 24.2 Å². The molecule has 0 saturated carbocycles. The Morgan fingerprint density at radius 3 is 1.35 bits per heavy atom. The van der Waals surface area contributed by atoms with Crippen molar-refractivity contribution in [1.82, 2.24) is 65.7 Å². The third-order valence-electron chi connectivity index (χ3n) is 12.2. The molecule has 0 fully saturated rings.